The van der Waals surface area contributed by atoms with Crippen molar-refractivity contribution in [2.75, 3.05) is 45.6 Å². The maximum atomic E-state index is 12.3. The molecule has 0 radical (unpaired) electrons. The molecule has 0 rings (SSSR count). The standard InChI is InChI=1S/C29H60NO6P/c1-5-8-9-10-11-12-13-14-15-16-17-18-19-21-24-34-26-29(36-28(4)31)27-35-37(32,33)25-22-20-23-30(6-2)7-3/h29H,5-27H2,1-4H3,(H,32,33). The summed E-state index contributed by atoms with van der Waals surface area (Å²) in [5.74, 6) is -0.444. The predicted octanol–water partition coefficient (Wildman–Crippen LogP) is 7.74. The summed E-state index contributed by atoms with van der Waals surface area (Å²) >= 11 is 0. The minimum absolute atomic E-state index is 0.112. The number of unbranched alkanes of at least 4 members (excludes halogenated alkanes) is 14. The van der Waals surface area contributed by atoms with Gasteiger partial charge < -0.3 is 23.8 Å². The normalized spacial score (nSPS) is 14.1. The molecular weight excluding hydrogens is 489 g/mol. The van der Waals surface area contributed by atoms with Gasteiger partial charge in [-0.1, -0.05) is 104 Å². The van der Waals surface area contributed by atoms with Crippen LogP contribution in [0.3, 0.4) is 0 Å². The Morgan fingerprint density at radius 1 is 0.757 bits per heavy atom. The van der Waals surface area contributed by atoms with Crippen molar-refractivity contribution in [2.45, 2.75) is 137 Å². The first kappa shape index (κ1) is 36.5. The molecule has 0 aromatic heterocycles. The van der Waals surface area contributed by atoms with Crippen molar-refractivity contribution in [1.29, 1.82) is 0 Å². The van der Waals surface area contributed by atoms with Crippen LogP contribution in [0, 0.1) is 0 Å². The van der Waals surface area contributed by atoms with Gasteiger partial charge in [0.05, 0.1) is 19.4 Å². The van der Waals surface area contributed by atoms with E-state index in [0.29, 0.717) is 13.0 Å². The van der Waals surface area contributed by atoms with E-state index in [2.05, 4.69) is 25.7 Å². The summed E-state index contributed by atoms with van der Waals surface area (Å²) in [6.45, 7) is 11.3. The van der Waals surface area contributed by atoms with E-state index in [0.717, 1.165) is 38.9 Å². The molecule has 0 aliphatic rings. The summed E-state index contributed by atoms with van der Waals surface area (Å²) in [7, 11) is -3.71. The SMILES string of the molecule is CCCCCCCCCCCCCCCCOCC(COP(=O)(O)CCCCN(CC)CC)OC(C)=O. The van der Waals surface area contributed by atoms with Crippen LogP contribution in [0.4, 0.5) is 0 Å². The molecule has 0 amide bonds. The number of hydrogen-bond acceptors (Lipinski definition) is 6. The summed E-state index contributed by atoms with van der Waals surface area (Å²) in [6, 6.07) is 0. The van der Waals surface area contributed by atoms with Crippen molar-refractivity contribution in [3.63, 3.8) is 0 Å². The molecule has 7 nitrogen and oxygen atoms in total. The van der Waals surface area contributed by atoms with Crippen molar-refractivity contribution in [3.05, 3.63) is 0 Å². The lowest BCUT2D eigenvalue weighted by molar-refractivity contribution is -0.151. The van der Waals surface area contributed by atoms with Crippen LogP contribution < -0.4 is 0 Å². The molecule has 222 valence electrons. The molecule has 2 atom stereocenters. The Hall–Kier alpha value is -0.460. The number of rotatable bonds is 28. The van der Waals surface area contributed by atoms with Gasteiger partial charge in [-0.25, -0.2) is 0 Å². The topological polar surface area (TPSA) is 85.3 Å². The Balaban J connectivity index is 3.81. The highest BCUT2D eigenvalue weighted by Crippen LogP contribution is 2.42. The molecule has 1 N–H and O–H groups in total. The fraction of sp³-hybridized carbons (Fsp3) is 0.966. The monoisotopic (exact) mass is 549 g/mol. The van der Waals surface area contributed by atoms with Gasteiger partial charge in [0.2, 0.25) is 0 Å². The number of ether oxygens (including phenoxy) is 2. The molecule has 0 aliphatic carbocycles. The van der Waals surface area contributed by atoms with Crippen molar-refractivity contribution < 1.29 is 28.3 Å². The van der Waals surface area contributed by atoms with E-state index in [9.17, 15) is 14.3 Å². The molecule has 8 heteroatoms. The van der Waals surface area contributed by atoms with Crippen LogP contribution >= 0.6 is 7.60 Å². The molecule has 0 saturated carbocycles. The van der Waals surface area contributed by atoms with Gasteiger partial charge in [-0.15, -0.1) is 0 Å². The van der Waals surface area contributed by atoms with Crippen molar-refractivity contribution in [3.8, 4) is 0 Å². The zero-order valence-electron chi connectivity index (χ0n) is 24.7. The lowest BCUT2D eigenvalue weighted by Gasteiger charge is -2.20. The van der Waals surface area contributed by atoms with Gasteiger partial charge in [-0.3, -0.25) is 9.36 Å². The first-order valence-electron chi connectivity index (χ1n) is 15.3. The fourth-order valence-electron chi connectivity index (χ4n) is 4.42. The summed E-state index contributed by atoms with van der Waals surface area (Å²) in [5.41, 5.74) is 0. The van der Waals surface area contributed by atoms with E-state index in [4.69, 9.17) is 14.0 Å². The Morgan fingerprint density at radius 2 is 1.27 bits per heavy atom. The number of nitrogens with zero attached hydrogens (tertiary/aromatic N) is 1. The summed E-state index contributed by atoms with van der Waals surface area (Å²) < 4.78 is 28.5. The van der Waals surface area contributed by atoms with Crippen LogP contribution in [0.2, 0.25) is 0 Å². The maximum Gasteiger partial charge on any atom is 0.328 e. The zero-order chi connectivity index (χ0) is 27.6. The second-order valence-electron chi connectivity index (χ2n) is 10.3. The van der Waals surface area contributed by atoms with Crippen molar-refractivity contribution >= 4 is 13.6 Å². The maximum absolute atomic E-state index is 12.3. The Morgan fingerprint density at radius 3 is 1.76 bits per heavy atom. The average molecular weight is 550 g/mol. The molecule has 0 aromatic rings. The molecular formula is C29H60NO6P. The number of hydrogen-bond donors (Lipinski definition) is 1. The predicted molar refractivity (Wildman–Crippen MR) is 154 cm³/mol. The lowest BCUT2D eigenvalue weighted by Crippen LogP contribution is -2.27. The second kappa shape index (κ2) is 25.8. The first-order valence-corrected chi connectivity index (χ1v) is 17.0. The summed E-state index contributed by atoms with van der Waals surface area (Å²) in [4.78, 5) is 23.8. The molecule has 0 fully saturated rings. The molecule has 0 heterocycles. The molecule has 2 unspecified atom stereocenters. The quantitative estimate of drug-likeness (QED) is 0.0607. The minimum atomic E-state index is -3.71. The van der Waals surface area contributed by atoms with Gasteiger partial charge in [-0.05, 0) is 38.9 Å². The van der Waals surface area contributed by atoms with Crippen LogP contribution in [-0.2, 0) is 23.4 Å². The summed E-state index contributed by atoms with van der Waals surface area (Å²) in [6.07, 6.45) is 19.3. The molecule has 0 spiro atoms. The largest absolute Gasteiger partial charge is 0.458 e. The zero-order valence-corrected chi connectivity index (χ0v) is 25.6. The third kappa shape index (κ3) is 25.6. The third-order valence-corrected chi connectivity index (χ3v) is 8.23. The number of carbonyl (C=O) groups is 1. The Kier molecular flexibility index (Phi) is 25.5. The Bertz CT molecular complexity index is 559. The molecule has 0 saturated heterocycles. The van der Waals surface area contributed by atoms with Crippen LogP contribution in [-0.4, -0.2) is 67.5 Å². The van der Waals surface area contributed by atoms with E-state index in [1.807, 2.05) is 0 Å². The van der Waals surface area contributed by atoms with Crippen LogP contribution in [0.15, 0.2) is 0 Å². The highest BCUT2D eigenvalue weighted by Gasteiger charge is 2.23. The van der Waals surface area contributed by atoms with E-state index in [1.54, 1.807) is 0 Å². The van der Waals surface area contributed by atoms with E-state index in [1.165, 1.54) is 84.0 Å². The minimum Gasteiger partial charge on any atom is -0.458 e. The van der Waals surface area contributed by atoms with Crippen molar-refractivity contribution in [1.82, 2.24) is 4.90 Å². The number of esters is 1. The van der Waals surface area contributed by atoms with Gasteiger partial charge in [0.15, 0.2) is 0 Å². The smallest absolute Gasteiger partial charge is 0.328 e. The van der Waals surface area contributed by atoms with Crippen LogP contribution in [0.1, 0.15) is 130 Å². The fourth-order valence-corrected chi connectivity index (χ4v) is 5.57. The number of carbonyl (C=O) groups excluding carboxylic acids is 1. The third-order valence-electron chi connectivity index (χ3n) is 6.80. The van der Waals surface area contributed by atoms with Gasteiger partial charge in [-0.2, -0.15) is 0 Å². The average Bonchev–Trinajstić information content (AvgIpc) is 2.86. The van der Waals surface area contributed by atoms with Gasteiger partial charge in [0, 0.05) is 13.5 Å². The van der Waals surface area contributed by atoms with Gasteiger partial charge in [0.1, 0.15) is 6.10 Å². The summed E-state index contributed by atoms with van der Waals surface area (Å²) in [5, 5.41) is 0. The molecule has 37 heavy (non-hydrogen) atoms. The van der Waals surface area contributed by atoms with Crippen LogP contribution in [0.5, 0.6) is 0 Å². The van der Waals surface area contributed by atoms with Gasteiger partial charge >= 0.3 is 13.6 Å². The van der Waals surface area contributed by atoms with E-state index < -0.39 is 19.7 Å². The molecule has 0 aromatic carbocycles. The Labute approximate surface area is 228 Å². The van der Waals surface area contributed by atoms with Crippen LogP contribution in [0.25, 0.3) is 0 Å². The van der Waals surface area contributed by atoms with E-state index in [-0.39, 0.29) is 19.4 Å². The molecule has 0 aliphatic heterocycles. The highest BCUT2D eigenvalue weighted by atomic mass is 31.2. The highest BCUT2D eigenvalue weighted by molar-refractivity contribution is 7.52. The second-order valence-corrected chi connectivity index (χ2v) is 12.3. The molecule has 0 bridgehead atoms. The van der Waals surface area contributed by atoms with Gasteiger partial charge in [0.25, 0.3) is 0 Å². The van der Waals surface area contributed by atoms with Crippen molar-refractivity contribution in [2.24, 2.45) is 0 Å². The lowest BCUT2D eigenvalue weighted by atomic mass is 10.0. The first-order chi connectivity index (χ1) is 17.8. The van der Waals surface area contributed by atoms with E-state index >= 15 is 0 Å².